The summed E-state index contributed by atoms with van der Waals surface area (Å²) in [6.07, 6.45) is 7.57. The molecule has 1 aromatic carbocycles. The first-order chi connectivity index (χ1) is 13.1. The molecule has 2 amide bonds. The lowest BCUT2D eigenvalue weighted by Crippen LogP contribution is -2.60. The van der Waals surface area contributed by atoms with Gasteiger partial charge in [-0.15, -0.1) is 0 Å². The van der Waals surface area contributed by atoms with Crippen molar-refractivity contribution in [2.45, 2.75) is 44.1 Å². The van der Waals surface area contributed by atoms with Crippen molar-refractivity contribution in [2.24, 2.45) is 17.8 Å². The molecule has 4 aliphatic carbocycles. The second-order valence-electron chi connectivity index (χ2n) is 9.04. The fourth-order valence-electron chi connectivity index (χ4n) is 6.35. The summed E-state index contributed by atoms with van der Waals surface area (Å²) in [4.78, 5) is 15.2. The van der Waals surface area contributed by atoms with Gasteiger partial charge in [0, 0.05) is 23.7 Å². The third-order valence-electron chi connectivity index (χ3n) is 6.98. The maximum Gasteiger partial charge on any atom is 0.319 e. The molecule has 27 heavy (non-hydrogen) atoms. The summed E-state index contributed by atoms with van der Waals surface area (Å²) in [5, 5.41) is 7.13. The van der Waals surface area contributed by atoms with Crippen LogP contribution in [0.2, 0.25) is 5.02 Å². The zero-order chi connectivity index (χ0) is 18.4. The van der Waals surface area contributed by atoms with E-state index in [9.17, 15) is 4.79 Å². The zero-order valence-corrected chi connectivity index (χ0v) is 16.4. The fraction of sp³-hybridized carbons (Fsp3) is 0.667. The molecule has 2 N–H and O–H groups in total. The molecule has 4 saturated carbocycles. The van der Waals surface area contributed by atoms with Gasteiger partial charge in [-0.2, -0.15) is 0 Å². The average molecular weight is 390 g/mol. The van der Waals surface area contributed by atoms with E-state index in [4.69, 9.17) is 16.3 Å². The summed E-state index contributed by atoms with van der Waals surface area (Å²) in [5.74, 6) is 2.44. The van der Waals surface area contributed by atoms with E-state index < -0.39 is 0 Å². The first-order valence-corrected chi connectivity index (χ1v) is 10.7. The van der Waals surface area contributed by atoms with Gasteiger partial charge >= 0.3 is 6.03 Å². The molecule has 0 spiro atoms. The highest BCUT2D eigenvalue weighted by molar-refractivity contribution is 6.31. The molecule has 1 saturated heterocycles. The van der Waals surface area contributed by atoms with Crippen molar-refractivity contribution in [3.05, 3.63) is 23.2 Å². The predicted molar refractivity (Wildman–Crippen MR) is 108 cm³/mol. The van der Waals surface area contributed by atoms with E-state index in [1.807, 2.05) is 18.2 Å². The molecule has 1 heterocycles. The second kappa shape index (κ2) is 6.85. The number of halogens is 1. The van der Waals surface area contributed by atoms with Gasteiger partial charge in [0.25, 0.3) is 0 Å². The second-order valence-corrected chi connectivity index (χ2v) is 9.47. The first-order valence-electron chi connectivity index (χ1n) is 10.3. The molecule has 5 aliphatic rings. The van der Waals surface area contributed by atoms with Crippen LogP contribution in [0.15, 0.2) is 18.2 Å². The van der Waals surface area contributed by atoms with E-state index in [-0.39, 0.29) is 11.6 Å². The number of carbonyl (C=O) groups is 1. The smallest absolute Gasteiger partial charge is 0.319 e. The summed E-state index contributed by atoms with van der Waals surface area (Å²) >= 11 is 6.22. The molecule has 5 nitrogen and oxygen atoms in total. The summed E-state index contributed by atoms with van der Waals surface area (Å²) in [6.45, 7) is 3.07. The van der Waals surface area contributed by atoms with Crippen LogP contribution in [0.3, 0.4) is 0 Å². The SMILES string of the molecule is O=C(Nc1cc(Cl)ccc1N1CCOCC1)NC12CC3CC(CC(C3)C1)C2. The number of hydrogen-bond donors (Lipinski definition) is 2. The van der Waals surface area contributed by atoms with Crippen LogP contribution in [-0.4, -0.2) is 37.9 Å². The van der Waals surface area contributed by atoms with Gasteiger partial charge in [-0.05, 0) is 74.5 Å². The summed E-state index contributed by atoms with van der Waals surface area (Å²) in [6, 6.07) is 5.64. The molecule has 0 unspecified atom stereocenters. The predicted octanol–water partition coefficient (Wildman–Crippen LogP) is 4.27. The minimum atomic E-state index is -0.0891. The molecule has 6 heteroatoms. The summed E-state index contributed by atoms with van der Waals surface area (Å²) in [7, 11) is 0. The van der Waals surface area contributed by atoms with E-state index in [0.29, 0.717) is 18.2 Å². The Balaban J connectivity index is 1.32. The van der Waals surface area contributed by atoms with Crippen molar-refractivity contribution in [3.63, 3.8) is 0 Å². The fourth-order valence-corrected chi connectivity index (χ4v) is 6.52. The van der Waals surface area contributed by atoms with Gasteiger partial charge in [0.1, 0.15) is 0 Å². The molecule has 4 bridgehead atoms. The molecule has 5 fully saturated rings. The first kappa shape index (κ1) is 17.6. The Morgan fingerprint density at radius 3 is 2.33 bits per heavy atom. The van der Waals surface area contributed by atoms with Crippen LogP contribution in [0.1, 0.15) is 38.5 Å². The van der Waals surface area contributed by atoms with Crippen LogP contribution >= 0.6 is 11.6 Å². The van der Waals surface area contributed by atoms with E-state index in [1.54, 1.807) is 0 Å². The number of benzene rings is 1. The van der Waals surface area contributed by atoms with E-state index >= 15 is 0 Å². The van der Waals surface area contributed by atoms with Gasteiger partial charge in [0.05, 0.1) is 24.6 Å². The lowest BCUT2D eigenvalue weighted by atomic mass is 9.53. The van der Waals surface area contributed by atoms with Gasteiger partial charge < -0.3 is 20.3 Å². The van der Waals surface area contributed by atoms with E-state index in [1.165, 1.54) is 19.3 Å². The van der Waals surface area contributed by atoms with E-state index in [0.717, 1.165) is 61.5 Å². The molecular formula is C21H28ClN3O2. The Kier molecular flexibility index (Phi) is 4.47. The monoisotopic (exact) mass is 389 g/mol. The molecule has 0 radical (unpaired) electrons. The minimum Gasteiger partial charge on any atom is -0.378 e. The average Bonchev–Trinajstić information content (AvgIpc) is 2.61. The molecular weight excluding hydrogens is 362 g/mol. The highest BCUT2D eigenvalue weighted by atomic mass is 35.5. The molecule has 6 rings (SSSR count). The third kappa shape index (κ3) is 3.52. The molecule has 146 valence electrons. The topological polar surface area (TPSA) is 53.6 Å². The van der Waals surface area contributed by atoms with Gasteiger partial charge in [-0.3, -0.25) is 0 Å². The third-order valence-corrected chi connectivity index (χ3v) is 7.21. The number of anilines is 2. The van der Waals surface area contributed by atoms with Crippen molar-refractivity contribution in [3.8, 4) is 0 Å². The summed E-state index contributed by atoms with van der Waals surface area (Å²) in [5.41, 5.74) is 1.81. The van der Waals surface area contributed by atoms with Crippen LogP contribution in [0.4, 0.5) is 16.2 Å². The number of urea groups is 1. The van der Waals surface area contributed by atoms with Crippen molar-refractivity contribution in [1.29, 1.82) is 0 Å². The van der Waals surface area contributed by atoms with Crippen LogP contribution in [-0.2, 0) is 4.74 Å². The molecule has 1 aliphatic heterocycles. The number of carbonyl (C=O) groups excluding carboxylic acids is 1. The van der Waals surface area contributed by atoms with E-state index in [2.05, 4.69) is 15.5 Å². The zero-order valence-electron chi connectivity index (χ0n) is 15.7. The number of amides is 2. The van der Waals surface area contributed by atoms with Crippen molar-refractivity contribution in [2.75, 3.05) is 36.5 Å². The van der Waals surface area contributed by atoms with Crippen LogP contribution in [0, 0.1) is 17.8 Å². The Labute approximate surface area is 165 Å². The van der Waals surface area contributed by atoms with Crippen molar-refractivity contribution >= 4 is 29.0 Å². The number of nitrogens with one attached hydrogen (secondary N) is 2. The van der Waals surface area contributed by atoms with Gasteiger partial charge in [0.2, 0.25) is 0 Å². The van der Waals surface area contributed by atoms with Crippen LogP contribution < -0.4 is 15.5 Å². The lowest BCUT2D eigenvalue weighted by molar-refractivity contribution is -0.0127. The Morgan fingerprint density at radius 1 is 1.07 bits per heavy atom. The Morgan fingerprint density at radius 2 is 1.70 bits per heavy atom. The largest absolute Gasteiger partial charge is 0.378 e. The minimum absolute atomic E-state index is 0.0105. The molecule has 0 atom stereocenters. The maximum absolute atomic E-state index is 12.9. The summed E-state index contributed by atoms with van der Waals surface area (Å²) < 4.78 is 5.46. The van der Waals surface area contributed by atoms with Crippen molar-refractivity contribution in [1.82, 2.24) is 5.32 Å². The highest BCUT2D eigenvalue weighted by Gasteiger charge is 2.51. The lowest BCUT2D eigenvalue weighted by Gasteiger charge is -2.56. The normalized spacial score (nSPS) is 34.6. The molecule has 0 aromatic heterocycles. The van der Waals surface area contributed by atoms with Crippen LogP contribution in [0.5, 0.6) is 0 Å². The quantitative estimate of drug-likeness (QED) is 0.811. The van der Waals surface area contributed by atoms with Gasteiger partial charge in [-0.25, -0.2) is 4.79 Å². The van der Waals surface area contributed by atoms with Gasteiger partial charge in [-0.1, -0.05) is 11.6 Å². The number of morpholine rings is 1. The van der Waals surface area contributed by atoms with Crippen LogP contribution in [0.25, 0.3) is 0 Å². The Hall–Kier alpha value is -1.46. The number of ether oxygens (including phenoxy) is 1. The standard InChI is InChI=1S/C21H28ClN3O2/c22-17-1-2-19(25-3-5-27-6-4-25)18(10-17)23-20(26)24-21-11-14-7-15(12-21)9-16(8-14)13-21/h1-2,10,14-16H,3-9,11-13H2,(H2,23,24,26). The number of rotatable bonds is 3. The van der Waals surface area contributed by atoms with Gasteiger partial charge in [0.15, 0.2) is 0 Å². The number of nitrogens with zero attached hydrogens (tertiary/aromatic N) is 1. The maximum atomic E-state index is 12.9. The number of hydrogen-bond acceptors (Lipinski definition) is 3. The van der Waals surface area contributed by atoms with Crippen molar-refractivity contribution < 1.29 is 9.53 Å². The Bertz CT molecular complexity index is 697. The highest BCUT2D eigenvalue weighted by Crippen LogP contribution is 2.55. The molecule has 1 aromatic rings.